The molecule has 1 saturated heterocycles. The van der Waals surface area contributed by atoms with E-state index < -0.39 is 10.2 Å². The lowest BCUT2D eigenvalue weighted by Gasteiger charge is -2.23. The maximum absolute atomic E-state index is 12.0. The molecule has 0 aromatic carbocycles. The van der Waals surface area contributed by atoms with Gasteiger partial charge in [-0.05, 0) is 25.3 Å². The molecule has 5 nitrogen and oxygen atoms in total. The van der Waals surface area contributed by atoms with Crippen LogP contribution in [0.4, 0.5) is 0 Å². The quantitative estimate of drug-likeness (QED) is 0.721. The highest BCUT2D eigenvalue weighted by atomic mass is 32.2. The van der Waals surface area contributed by atoms with Gasteiger partial charge >= 0.3 is 0 Å². The fourth-order valence-electron chi connectivity index (χ4n) is 1.83. The first-order chi connectivity index (χ1) is 7.02. The van der Waals surface area contributed by atoms with E-state index in [1.165, 1.54) is 4.31 Å². The summed E-state index contributed by atoms with van der Waals surface area (Å²) in [5, 5.41) is 0. The molecule has 0 saturated carbocycles. The second-order valence-corrected chi connectivity index (χ2v) is 6.11. The zero-order chi connectivity index (χ0) is 11.5. The molecule has 0 aliphatic carbocycles. The number of hydrogen-bond donors (Lipinski definition) is 1. The molecule has 1 aliphatic heterocycles. The van der Waals surface area contributed by atoms with Crippen molar-refractivity contribution >= 4 is 10.2 Å². The zero-order valence-corrected chi connectivity index (χ0v) is 10.3. The highest BCUT2D eigenvalue weighted by Crippen LogP contribution is 2.19. The molecule has 0 amide bonds. The molecular formula is C9H21N3O2S. The third-order valence-corrected chi connectivity index (χ3v) is 4.80. The fourth-order valence-corrected chi connectivity index (χ4v) is 3.37. The average molecular weight is 235 g/mol. The van der Waals surface area contributed by atoms with Crippen molar-refractivity contribution in [3.8, 4) is 0 Å². The highest BCUT2D eigenvalue weighted by molar-refractivity contribution is 7.86. The van der Waals surface area contributed by atoms with Crippen molar-refractivity contribution in [2.75, 3.05) is 33.2 Å². The van der Waals surface area contributed by atoms with Gasteiger partial charge in [-0.25, -0.2) is 0 Å². The Balaban J connectivity index is 2.63. The van der Waals surface area contributed by atoms with E-state index in [0.29, 0.717) is 32.1 Å². The van der Waals surface area contributed by atoms with Crippen LogP contribution in [0.2, 0.25) is 0 Å². The molecule has 0 aromatic rings. The van der Waals surface area contributed by atoms with E-state index in [1.54, 1.807) is 11.4 Å². The number of hydrogen-bond acceptors (Lipinski definition) is 3. The highest BCUT2D eigenvalue weighted by Gasteiger charge is 2.32. The third-order valence-electron chi connectivity index (χ3n) is 2.84. The second-order valence-electron chi connectivity index (χ2n) is 4.08. The lowest BCUT2D eigenvalue weighted by Crippen LogP contribution is -2.41. The lowest BCUT2D eigenvalue weighted by atomic mass is 10.1. The Morgan fingerprint density at radius 3 is 2.67 bits per heavy atom. The molecule has 0 aromatic heterocycles. The van der Waals surface area contributed by atoms with E-state index in [2.05, 4.69) is 0 Å². The van der Waals surface area contributed by atoms with Crippen LogP contribution in [-0.4, -0.2) is 50.3 Å². The average Bonchev–Trinajstić information content (AvgIpc) is 2.66. The summed E-state index contributed by atoms with van der Waals surface area (Å²) in [4.78, 5) is 0. The van der Waals surface area contributed by atoms with Gasteiger partial charge in [0, 0.05) is 26.7 Å². The second kappa shape index (κ2) is 5.25. The summed E-state index contributed by atoms with van der Waals surface area (Å²) < 4.78 is 27.0. The first-order valence-corrected chi connectivity index (χ1v) is 6.83. The van der Waals surface area contributed by atoms with Crippen LogP contribution in [0.3, 0.4) is 0 Å². The van der Waals surface area contributed by atoms with Gasteiger partial charge < -0.3 is 5.73 Å². The van der Waals surface area contributed by atoms with Crippen molar-refractivity contribution in [2.24, 2.45) is 11.7 Å². The largest absolute Gasteiger partial charge is 0.330 e. The van der Waals surface area contributed by atoms with Crippen LogP contribution in [0.15, 0.2) is 0 Å². The van der Waals surface area contributed by atoms with Gasteiger partial charge in [0.2, 0.25) is 0 Å². The van der Waals surface area contributed by atoms with Crippen molar-refractivity contribution in [3.63, 3.8) is 0 Å². The van der Waals surface area contributed by atoms with Crippen LogP contribution in [-0.2, 0) is 10.2 Å². The van der Waals surface area contributed by atoms with Crippen LogP contribution in [0.5, 0.6) is 0 Å². The van der Waals surface area contributed by atoms with Crippen molar-refractivity contribution in [1.29, 1.82) is 0 Å². The van der Waals surface area contributed by atoms with Gasteiger partial charge in [-0.15, -0.1) is 0 Å². The number of nitrogens with zero attached hydrogens (tertiary/aromatic N) is 2. The van der Waals surface area contributed by atoms with Gasteiger partial charge in [0.1, 0.15) is 0 Å². The molecule has 0 spiro atoms. The van der Waals surface area contributed by atoms with E-state index >= 15 is 0 Å². The van der Waals surface area contributed by atoms with E-state index in [9.17, 15) is 8.42 Å². The summed E-state index contributed by atoms with van der Waals surface area (Å²) in [5.74, 6) is 0.329. The van der Waals surface area contributed by atoms with Gasteiger partial charge in [0.15, 0.2) is 0 Å². The molecule has 2 N–H and O–H groups in total. The first kappa shape index (κ1) is 12.9. The molecular weight excluding hydrogens is 214 g/mol. The maximum Gasteiger partial charge on any atom is 0.281 e. The normalized spacial score (nSPS) is 23.9. The minimum absolute atomic E-state index is 0.329. The summed E-state index contributed by atoms with van der Waals surface area (Å²) in [6, 6.07) is 0. The molecule has 90 valence electrons. The standard InChI is InChI=1S/C9H21N3O2S/c1-3-5-11(2)15(13,14)12-6-4-9(7-10)8-12/h9H,3-8,10H2,1-2H3. The van der Waals surface area contributed by atoms with Crippen molar-refractivity contribution in [3.05, 3.63) is 0 Å². The Kier molecular flexibility index (Phi) is 4.51. The van der Waals surface area contributed by atoms with Crippen LogP contribution >= 0.6 is 0 Å². The lowest BCUT2D eigenvalue weighted by molar-refractivity contribution is 0.387. The van der Waals surface area contributed by atoms with Crippen LogP contribution in [0, 0.1) is 5.92 Å². The molecule has 1 rings (SSSR count). The van der Waals surface area contributed by atoms with E-state index in [4.69, 9.17) is 5.73 Å². The van der Waals surface area contributed by atoms with Crippen molar-refractivity contribution in [2.45, 2.75) is 19.8 Å². The van der Waals surface area contributed by atoms with Crippen molar-refractivity contribution < 1.29 is 8.42 Å². The summed E-state index contributed by atoms with van der Waals surface area (Å²) in [5.41, 5.74) is 5.54. The van der Waals surface area contributed by atoms with Gasteiger partial charge in [-0.2, -0.15) is 17.0 Å². The predicted molar refractivity (Wildman–Crippen MR) is 60.6 cm³/mol. The SMILES string of the molecule is CCCN(C)S(=O)(=O)N1CCC(CN)C1. The Hall–Kier alpha value is -0.170. The summed E-state index contributed by atoms with van der Waals surface area (Å²) in [6.07, 6.45) is 1.72. The van der Waals surface area contributed by atoms with Gasteiger partial charge in [-0.3, -0.25) is 0 Å². The summed E-state index contributed by atoms with van der Waals surface area (Å²) in [7, 11) is -1.60. The van der Waals surface area contributed by atoms with Crippen LogP contribution in [0.1, 0.15) is 19.8 Å². The smallest absolute Gasteiger partial charge is 0.281 e. The van der Waals surface area contributed by atoms with Gasteiger partial charge in [-0.1, -0.05) is 6.92 Å². The number of rotatable bonds is 5. The Bertz CT molecular complexity index is 292. The van der Waals surface area contributed by atoms with Crippen LogP contribution < -0.4 is 5.73 Å². The molecule has 0 bridgehead atoms. The Morgan fingerprint density at radius 2 is 2.20 bits per heavy atom. The first-order valence-electron chi connectivity index (χ1n) is 5.43. The monoisotopic (exact) mass is 235 g/mol. The fraction of sp³-hybridized carbons (Fsp3) is 1.00. The predicted octanol–water partition coefficient (Wildman–Crippen LogP) is -0.146. The molecule has 1 atom stereocenters. The molecule has 6 heteroatoms. The minimum Gasteiger partial charge on any atom is -0.330 e. The Morgan fingerprint density at radius 1 is 1.53 bits per heavy atom. The van der Waals surface area contributed by atoms with E-state index in [-0.39, 0.29) is 0 Å². The van der Waals surface area contributed by atoms with Gasteiger partial charge in [0.05, 0.1) is 0 Å². The summed E-state index contributed by atoms with van der Waals surface area (Å²) >= 11 is 0. The molecule has 15 heavy (non-hydrogen) atoms. The third kappa shape index (κ3) is 2.90. The summed E-state index contributed by atoms with van der Waals surface area (Å²) in [6.45, 7) is 4.31. The molecule has 1 fully saturated rings. The minimum atomic E-state index is -3.23. The Labute approximate surface area is 92.4 Å². The van der Waals surface area contributed by atoms with Crippen molar-refractivity contribution in [1.82, 2.24) is 8.61 Å². The molecule has 1 unspecified atom stereocenters. The van der Waals surface area contributed by atoms with Crippen LogP contribution in [0.25, 0.3) is 0 Å². The molecule has 1 heterocycles. The van der Waals surface area contributed by atoms with E-state index in [0.717, 1.165) is 12.8 Å². The van der Waals surface area contributed by atoms with E-state index in [1.807, 2.05) is 6.92 Å². The number of nitrogens with two attached hydrogens (primary N) is 1. The zero-order valence-electron chi connectivity index (χ0n) is 9.52. The maximum atomic E-state index is 12.0. The molecule has 1 aliphatic rings. The van der Waals surface area contributed by atoms with Gasteiger partial charge in [0.25, 0.3) is 10.2 Å². The topological polar surface area (TPSA) is 66.6 Å². The molecule has 0 radical (unpaired) electrons.